The van der Waals surface area contributed by atoms with Crippen LogP contribution in [0.1, 0.15) is 26.2 Å². The van der Waals surface area contributed by atoms with Crippen LogP contribution in [0.4, 0.5) is 5.69 Å². The summed E-state index contributed by atoms with van der Waals surface area (Å²) in [6, 6.07) is 8.14. The molecule has 0 aromatic heterocycles. The van der Waals surface area contributed by atoms with Crippen LogP contribution in [-0.4, -0.2) is 39.0 Å². The summed E-state index contributed by atoms with van der Waals surface area (Å²) in [5.41, 5.74) is 1.11. The molecular formula is C16H26N2O2. The molecule has 0 radical (unpaired) electrons. The molecular weight excluding hydrogens is 252 g/mol. The van der Waals surface area contributed by atoms with Crippen LogP contribution in [0.3, 0.4) is 0 Å². The first-order valence-corrected chi connectivity index (χ1v) is 7.67. The third kappa shape index (κ3) is 5.39. The smallest absolute Gasteiger partial charge is 0.121 e. The van der Waals surface area contributed by atoms with E-state index in [1.165, 1.54) is 12.8 Å². The van der Waals surface area contributed by atoms with E-state index in [1.807, 2.05) is 12.1 Å². The number of hydrogen-bond acceptors (Lipinski definition) is 4. The second-order valence-corrected chi connectivity index (χ2v) is 5.14. The molecule has 1 aromatic rings. The van der Waals surface area contributed by atoms with Gasteiger partial charge >= 0.3 is 0 Å². The molecule has 1 fully saturated rings. The molecule has 0 amide bonds. The second kappa shape index (κ2) is 8.82. The molecule has 1 atom stereocenters. The molecule has 4 heteroatoms. The molecule has 1 aliphatic heterocycles. The average molecular weight is 278 g/mol. The van der Waals surface area contributed by atoms with Crippen LogP contribution in [0, 0.1) is 0 Å². The summed E-state index contributed by atoms with van der Waals surface area (Å²) in [7, 11) is 0. The fourth-order valence-electron chi connectivity index (χ4n) is 2.28. The van der Waals surface area contributed by atoms with Crippen LogP contribution < -0.4 is 15.4 Å². The van der Waals surface area contributed by atoms with Gasteiger partial charge in [0.05, 0.1) is 12.7 Å². The fourth-order valence-corrected chi connectivity index (χ4v) is 2.28. The van der Waals surface area contributed by atoms with Crippen molar-refractivity contribution in [2.24, 2.45) is 0 Å². The Morgan fingerprint density at radius 3 is 3.10 bits per heavy atom. The molecule has 0 aliphatic carbocycles. The highest BCUT2D eigenvalue weighted by atomic mass is 16.5. The highest BCUT2D eigenvalue weighted by molar-refractivity contribution is 5.48. The first kappa shape index (κ1) is 15.1. The molecule has 0 spiro atoms. The Hall–Kier alpha value is -1.26. The number of nitrogens with one attached hydrogen (secondary N) is 2. The summed E-state index contributed by atoms with van der Waals surface area (Å²) in [5, 5.41) is 6.83. The first-order chi connectivity index (χ1) is 9.88. The predicted octanol–water partition coefficient (Wildman–Crippen LogP) is 2.66. The molecule has 20 heavy (non-hydrogen) atoms. The van der Waals surface area contributed by atoms with Gasteiger partial charge in [-0.25, -0.2) is 0 Å². The van der Waals surface area contributed by atoms with Gasteiger partial charge in [-0.05, 0) is 31.4 Å². The molecule has 4 nitrogen and oxygen atoms in total. The Morgan fingerprint density at radius 1 is 1.35 bits per heavy atom. The molecule has 0 saturated carbocycles. The number of ether oxygens (including phenoxy) is 2. The Labute approximate surface area is 121 Å². The van der Waals surface area contributed by atoms with Gasteiger partial charge < -0.3 is 20.1 Å². The lowest BCUT2D eigenvalue weighted by molar-refractivity contribution is 0.110. The predicted molar refractivity (Wildman–Crippen MR) is 82.6 cm³/mol. The number of benzene rings is 1. The minimum absolute atomic E-state index is 0.417. The number of hydrogen-bond donors (Lipinski definition) is 2. The van der Waals surface area contributed by atoms with E-state index in [0.717, 1.165) is 50.7 Å². The summed E-state index contributed by atoms with van der Waals surface area (Å²) in [6.07, 6.45) is 3.85. The van der Waals surface area contributed by atoms with Crippen molar-refractivity contribution in [1.29, 1.82) is 0 Å². The molecule has 2 N–H and O–H groups in total. The van der Waals surface area contributed by atoms with Crippen molar-refractivity contribution in [2.75, 3.05) is 38.2 Å². The molecule has 1 saturated heterocycles. The van der Waals surface area contributed by atoms with Crippen molar-refractivity contribution in [3.8, 4) is 5.75 Å². The van der Waals surface area contributed by atoms with E-state index in [9.17, 15) is 0 Å². The lowest BCUT2D eigenvalue weighted by Crippen LogP contribution is -2.30. The van der Waals surface area contributed by atoms with E-state index < -0.39 is 0 Å². The van der Waals surface area contributed by atoms with Gasteiger partial charge in [-0.2, -0.15) is 0 Å². The van der Waals surface area contributed by atoms with Crippen molar-refractivity contribution in [3.05, 3.63) is 24.3 Å². The minimum atomic E-state index is 0.417. The summed E-state index contributed by atoms with van der Waals surface area (Å²) >= 11 is 0. The SMILES string of the molecule is CCCOc1cccc(NCCNCC2CCCO2)c1. The Balaban J connectivity index is 1.60. The lowest BCUT2D eigenvalue weighted by atomic mass is 10.2. The first-order valence-electron chi connectivity index (χ1n) is 7.67. The van der Waals surface area contributed by atoms with Crippen LogP contribution in [0.2, 0.25) is 0 Å². The van der Waals surface area contributed by atoms with E-state index >= 15 is 0 Å². The maximum atomic E-state index is 5.62. The topological polar surface area (TPSA) is 42.5 Å². The van der Waals surface area contributed by atoms with Gasteiger partial charge in [-0.15, -0.1) is 0 Å². The number of anilines is 1. The molecule has 0 bridgehead atoms. The van der Waals surface area contributed by atoms with Crippen molar-refractivity contribution in [1.82, 2.24) is 5.32 Å². The monoisotopic (exact) mass is 278 g/mol. The zero-order valence-corrected chi connectivity index (χ0v) is 12.4. The van der Waals surface area contributed by atoms with Crippen LogP contribution in [0.25, 0.3) is 0 Å². The van der Waals surface area contributed by atoms with Crippen molar-refractivity contribution < 1.29 is 9.47 Å². The van der Waals surface area contributed by atoms with Crippen LogP contribution in [0.5, 0.6) is 5.75 Å². The average Bonchev–Trinajstić information content (AvgIpc) is 2.98. The van der Waals surface area contributed by atoms with Gasteiger partial charge in [-0.1, -0.05) is 13.0 Å². The second-order valence-electron chi connectivity index (χ2n) is 5.14. The van der Waals surface area contributed by atoms with Gasteiger partial charge in [0.1, 0.15) is 5.75 Å². The Kier molecular flexibility index (Phi) is 6.68. The van der Waals surface area contributed by atoms with E-state index in [1.54, 1.807) is 0 Å². The minimum Gasteiger partial charge on any atom is -0.494 e. The third-order valence-corrected chi connectivity index (χ3v) is 3.33. The van der Waals surface area contributed by atoms with Crippen molar-refractivity contribution in [2.45, 2.75) is 32.3 Å². The summed E-state index contributed by atoms with van der Waals surface area (Å²) in [4.78, 5) is 0. The van der Waals surface area contributed by atoms with Crippen LogP contribution in [0.15, 0.2) is 24.3 Å². The Morgan fingerprint density at radius 2 is 2.30 bits per heavy atom. The van der Waals surface area contributed by atoms with Gasteiger partial charge in [0.15, 0.2) is 0 Å². The lowest BCUT2D eigenvalue weighted by Gasteiger charge is -2.12. The van der Waals surface area contributed by atoms with Gasteiger partial charge in [-0.3, -0.25) is 0 Å². The van der Waals surface area contributed by atoms with Crippen molar-refractivity contribution in [3.63, 3.8) is 0 Å². The number of rotatable bonds is 9. The highest BCUT2D eigenvalue weighted by Crippen LogP contribution is 2.17. The Bertz CT molecular complexity index is 378. The molecule has 1 heterocycles. The standard InChI is InChI=1S/C16H26N2O2/c1-2-10-19-15-6-3-5-14(12-15)18-9-8-17-13-16-7-4-11-20-16/h3,5-6,12,16-18H,2,4,7-11,13H2,1H3. The maximum absolute atomic E-state index is 5.62. The molecule has 2 rings (SSSR count). The normalized spacial score (nSPS) is 18.1. The summed E-state index contributed by atoms with van der Waals surface area (Å²) < 4.78 is 11.2. The maximum Gasteiger partial charge on any atom is 0.121 e. The quantitative estimate of drug-likeness (QED) is 0.682. The van der Waals surface area contributed by atoms with Crippen LogP contribution >= 0.6 is 0 Å². The molecule has 1 aliphatic rings. The highest BCUT2D eigenvalue weighted by Gasteiger charge is 2.13. The zero-order valence-electron chi connectivity index (χ0n) is 12.4. The van der Waals surface area contributed by atoms with Crippen molar-refractivity contribution >= 4 is 5.69 Å². The van der Waals surface area contributed by atoms with E-state index in [-0.39, 0.29) is 0 Å². The van der Waals surface area contributed by atoms with Gasteiger partial charge in [0.2, 0.25) is 0 Å². The van der Waals surface area contributed by atoms with Gasteiger partial charge in [0, 0.05) is 38.0 Å². The molecule has 1 aromatic carbocycles. The van der Waals surface area contributed by atoms with E-state index in [2.05, 4.69) is 29.7 Å². The van der Waals surface area contributed by atoms with E-state index in [4.69, 9.17) is 9.47 Å². The summed E-state index contributed by atoms with van der Waals surface area (Å²) in [5.74, 6) is 0.934. The van der Waals surface area contributed by atoms with E-state index in [0.29, 0.717) is 6.10 Å². The largest absolute Gasteiger partial charge is 0.494 e. The third-order valence-electron chi connectivity index (χ3n) is 3.33. The molecule has 112 valence electrons. The van der Waals surface area contributed by atoms with Gasteiger partial charge in [0.25, 0.3) is 0 Å². The zero-order chi connectivity index (χ0) is 14.0. The van der Waals surface area contributed by atoms with Crippen LogP contribution in [-0.2, 0) is 4.74 Å². The molecule has 1 unspecified atom stereocenters. The fraction of sp³-hybridized carbons (Fsp3) is 0.625. The summed E-state index contributed by atoms with van der Waals surface area (Å²) in [6.45, 7) is 6.62.